The van der Waals surface area contributed by atoms with Crippen molar-refractivity contribution in [2.75, 3.05) is 0 Å². The van der Waals surface area contributed by atoms with Crippen molar-refractivity contribution in [3.63, 3.8) is 0 Å². The molecule has 0 aromatic heterocycles. The number of nitrogens with zero attached hydrogens (tertiary/aromatic N) is 1. The highest BCUT2D eigenvalue weighted by molar-refractivity contribution is 5.71. The van der Waals surface area contributed by atoms with Crippen LogP contribution in [-0.2, 0) is 11.2 Å². The molecule has 1 N–H and O–H groups in total. The Morgan fingerprint density at radius 2 is 2.00 bits per heavy atom. The van der Waals surface area contributed by atoms with Crippen molar-refractivity contribution < 1.29 is 14.8 Å². The lowest BCUT2D eigenvalue weighted by atomic mass is 10.0. The van der Waals surface area contributed by atoms with Crippen LogP contribution in [-0.4, -0.2) is 16.0 Å². The Kier molecular flexibility index (Phi) is 3.04. The van der Waals surface area contributed by atoms with Crippen LogP contribution >= 0.6 is 0 Å². The lowest BCUT2D eigenvalue weighted by Crippen LogP contribution is -2.03. The number of nitro benzene ring substituents is 1. The number of carbonyl (C=O) groups is 1. The first-order valence-electron chi connectivity index (χ1n) is 4.38. The second-order valence-electron chi connectivity index (χ2n) is 3.39. The predicted octanol–water partition coefficient (Wildman–Crippen LogP) is 1.84. The van der Waals surface area contributed by atoms with Gasteiger partial charge in [0.05, 0.1) is 11.3 Å². The van der Waals surface area contributed by atoms with Crippen LogP contribution in [0.1, 0.15) is 16.7 Å². The maximum absolute atomic E-state index is 10.6. The fraction of sp³-hybridized carbons (Fsp3) is 0.300. The number of aryl methyl sites for hydroxylation is 2. The SMILES string of the molecule is Cc1cc([N+](=O)[O-])c(C)cc1CC(=O)O. The standard InChI is InChI=1S/C10H11NO4/c1-6-4-9(11(14)15)7(2)3-8(6)5-10(12)13/h3-4H,5H2,1-2H3,(H,12,13). The Balaban J connectivity index is 3.19. The predicted molar refractivity (Wildman–Crippen MR) is 53.9 cm³/mol. The summed E-state index contributed by atoms with van der Waals surface area (Å²) >= 11 is 0. The molecule has 0 heterocycles. The van der Waals surface area contributed by atoms with Crippen LogP contribution in [0.5, 0.6) is 0 Å². The van der Waals surface area contributed by atoms with E-state index in [2.05, 4.69) is 0 Å². The summed E-state index contributed by atoms with van der Waals surface area (Å²) in [6, 6.07) is 2.97. The number of aliphatic carboxylic acids is 1. The summed E-state index contributed by atoms with van der Waals surface area (Å²) in [7, 11) is 0. The minimum atomic E-state index is -0.939. The zero-order chi connectivity index (χ0) is 11.6. The van der Waals surface area contributed by atoms with Crippen LogP contribution in [0.3, 0.4) is 0 Å². The van der Waals surface area contributed by atoms with Crippen molar-refractivity contribution in [3.8, 4) is 0 Å². The van der Waals surface area contributed by atoms with Gasteiger partial charge < -0.3 is 5.11 Å². The van der Waals surface area contributed by atoms with Crippen LogP contribution < -0.4 is 0 Å². The van der Waals surface area contributed by atoms with Crippen molar-refractivity contribution in [2.24, 2.45) is 0 Å². The maximum Gasteiger partial charge on any atom is 0.307 e. The highest BCUT2D eigenvalue weighted by Gasteiger charge is 2.14. The fourth-order valence-electron chi connectivity index (χ4n) is 1.41. The summed E-state index contributed by atoms with van der Waals surface area (Å²) in [4.78, 5) is 20.6. The summed E-state index contributed by atoms with van der Waals surface area (Å²) in [5.74, 6) is -0.939. The molecule has 0 saturated heterocycles. The average molecular weight is 209 g/mol. The Morgan fingerprint density at radius 3 is 2.47 bits per heavy atom. The van der Waals surface area contributed by atoms with Crippen molar-refractivity contribution in [1.82, 2.24) is 0 Å². The fourth-order valence-corrected chi connectivity index (χ4v) is 1.41. The number of hydrogen-bond donors (Lipinski definition) is 1. The van der Waals surface area contributed by atoms with Crippen LogP contribution in [0.4, 0.5) is 5.69 Å². The van der Waals surface area contributed by atoms with Crippen molar-refractivity contribution >= 4 is 11.7 Å². The molecule has 0 aliphatic carbocycles. The zero-order valence-electron chi connectivity index (χ0n) is 8.48. The van der Waals surface area contributed by atoms with Crippen molar-refractivity contribution in [1.29, 1.82) is 0 Å². The Labute approximate surface area is 86.5 Å². The molecular formula is C10H11NO4. The largest absolute Gasteiger partial charge is 0.481 e. The van der Waals surface area contributed by atoms with Gasteiger partial charge in [0.15, 0.2) is 0 Å². The van der Waals surface area contributed by atoms with Crippen LogP contribution in [0.25, 0.3) is 0 Å². The molecule has 15 heavy (non-hydrogen) atoms. The first kappa shape index (κ1) is 11.2. The minimum absolute atomic E-state index is 0.0293. The highest BCUT2D eigenvalue weighted by atomic mass is 16.6. The van der Waals surface area contributed by atoms with Crippen molar-refractivity contribution in [3.05, 3.63) is 38.9 Å². The van der Waals surface area contributed by atoms with Crippen LogP contribution in [0.15, 0.2) is 12.1 Å². The minimum Gasteiger partial charge on any atom is -0.481 e. The van der Waals surface area contributed by atoms with Gasteiger partial charge in [0, 0.05) is 11.6 Å². The average Bonchev–Trinajstić information content (AvgIpc) is 2.09. The quantitative estimate of drug-likeness (QED) is 0.608. The van der Waals surface area contributed by atoms with E-state index in [4.69, 9.17) is 5.11 Å². The molecule has 0 unspecified atom stereocenters. The molecule has 1 aromatic carbocycles. The van der Waals surface area contributed by atoms with Gasteiger partial charge in [-0.1, -0.05) is 0 Å². The monoisotopic (exact) mass is 209 g/mol. The first-order chi connectivity index (χ1) is 6.91. The van der Waals surface area contributed by atoms with Gasteiger partial charge in [0.25, 0.3) is 5.69 Å². The van der Waals surface area contributed by atoms with E-state index in [0.29, 0.717) is 16.7 Å². The molecule has 0 bridgehead atoms. The van der Waals surface area contributed by atoms with Gasteiger partial charge in [-0.2, -0.15) is 0 Å². The number of nitro groups is 1. The summed E-state index contributed by atoms with van der Waals surface area (Å²) < 4.78 is 0. The molecule has 0 amide bonds. The Hall–Kier alpha value is -1.91. The number of benzene rings is 1. The van der Waals surface area contributed by atoms with Gasteiger partial charge in [-0.3, -0.25) is 14.9 Å². The van der Waals surface area contributed by atoms with Gasteiger partial charge >= 0.3 is 5.97 Å². The lowest BCUT2D eigenvalue weighted by molar-refractivity contribution is -0.385. The molecule has 80 valence electrons. The molecule has 0 radical (unpaired) electrons. The second kappa shape index (κ2) is 4.08. The van der Waals surface area contributed by atoms with Gasteiger partial charge in [-0.25, -0.2) is 0 Å². The van der Waals surface area contributed by atoms with Gasteiger partial charge in [-0.15, -0.1) is 0 Å². The van der Waals surface area contributed by atoms with E-state index in [0.717, 1.165) is 0 Å². The molecule has 0 spiro atoms. The smallest absolute Gasteiger partial charge is 0.307 e. The third kappa shape index (κ3) is 2.52. The zero-order valence-corrected chi connectivity index (χ0v) is 8.48. The molecule has 5 heteroatoms. The number of hydrogen-bond acceptors (Lipinski definition) is 3. The third-order valence-corrected chi connectivity index (χ3v) is 2.19. The Bertz CT molecular complexity index is 426. The van der Waals surface area contributed by atoms with Crippen molar-refractivity contribution in [2.45, 2.75) is 20.3 Å². The van der Waals surface area contributed by atoms with E-state index in [9.17, 15) is 14.9 Å². The molecular weight excluding hydrogens is 198 g/mol. The number of carboxylic acid groups (broad SMARTS) is 1. The van der Waals surface area contributed by atoms with E-state index in [-0.39, 0.29) is 12.1 Å². The third-order valence-electron chi connectivity index (χ3n) is 2.19. The van der Waals surface area contributed by atoms with Gasteiger partial charge in [0.1, 0.15) is 0 Å². The highest BCUT2D eigenvalue weighted by Crippen LogP contribution is 2.22. The molecule has 0 fully saturated rings. The van der Waals surface area contributed by atoms with E-state index in [1.54, 1.807) is 19.9 Å². The Morgan fingerprint density at radius 1 is 1.40 bits per heavy atom. The summed E-state index contributed by atoms with van der Waals surface area (Å²) in [5, 5.41) is 19.2. The second-order valence-corrected chi connectivity index (χ2v) is 3.39. The van der Waals surface area contributed by atoms with E-state index in [1.165, 1.54) is 6.07 Å². The number of rotatable bonds is 3. The summed E-state index contributed by atoms with van der Waals surface area (Å²) in [6.07, 6.45) is -0.106. The molecule has 0 aliphatic rings. The molecule has 1 aromatic rings. The summed E-state index contributed by atoms with van der Waals surface area (Å²) in [6.45, 7) is 3.27. The summed E-state index contributed by atoms with van der Waals surface area (Å²) in [5.41, 5.74) is 1.77. The van der Waals surface area contributed by atoms with Gasteiger partial charge in [-0.05, 0) is 31.0 Å². The first-order valence-corrected chi connectivity index (χ1v) is 4.38. The van der Waals surface area contributed by atoms with Crippen LogP contribution in [0, 0.1) is 24.0 Å². The molecule has 0 saturated carbocycles. The topological polar surface area (TPSA) is 80.4 Å². The van der Waals surface area contributed by atoms with Crippen LogP contribution in [0.2, 0.25) is 0 Å². The van der Waals surface area contributed by atoms with E-state index in [1.807, 2.05) is 0 Å². The normalized spacial score (nSPS) is 10.0. The molecule has 0 atom stereocenters. The van der Waals surface area contributed by atoms with Gasteiger partial charge in [0.2, 0.25) is 0 Å². The van der Waals surface area contributed by atoms with E-state index < -0.39 is 10.9 Å². The lowest BCUT2D eigenvalue weighted by Gasteiger charge is -2.05. The van der Waals surface area contributed by atoms with E-state index >= 15 is 0 Å². The molecule has 5 nitrogen and oxygen atoms in total. The maximum atomic E-state index is 10.6. The number of carboxylic acids is 1. The molecule has 1 rings (SSSR count). The molecule has 0 aliphatic heterocycles.